The summed E-state index contributed by atoms with van der Waals surface area (Å²) in [5.74, 6) is 0. The van der Waals surface area contributed by atoms with Gasteiger partial charge in [0, 0.05) is 30.4 Å². The first-order valence-corrected chi connectivity index (χ1v) is 7.07. The van der Waals surface area contributed by atoms with Crippen molar-refractivity contribution < 1.29 is 0 Å². The molecule has 1 aromatic carbocycles. The fourth-order valence-corrected chi connectivity index (χ4v) is 2.58. The highest BCUT2D eigenvalue weighted by Crippen LogP contribution is 2.28. The zero-order valence-corrected chi connectivity index (χ0v) is 12.2. The number of rotatable bonds is 3. The number of para-hydroxylation sites is 1. The Morgan fingerprint density at radius 1 is 1.28 bits per heavy atom. The van der Waals surface area contributed by atoms with Gasteiger partial charge in [-0.05, 0) is 52.2 Å². The Hall–Kier alpha value is -1.02. The van der Waals surface area contributed by atoms with Crippen molar-refractivity contribution in [3.05, 3.63) is 29.8 Å². The van der Waals surface area contributed by atoms with E-state index in [1.807, 2.05) is 0 Å². The minimum atomic E-state index is 0.198. The zero-order valence-electron chi connectivity index (χ0n) is 12.2. The van der Waals surface area contributed by atoms with Gasteiger partial charge in [0.1, 0.15) is 0 Å². The normalized spacial score (nSPS) is 17.4. The summed E-state index contributed by atoms with van der Waals surface area (Å²) in [4.78, 5) is 2.55. The molecule has 2 nitrogen and oxygen atoms in total. The summed E-state index contributed by atoms with van der Waals surface area (Å²) in [5, 5.41) is 3.61. The molecule has 0 bridgehead atoms. The summed E-state index contributed by atoms with van der Waals surface area (Å²) in [5.41, 5.74) is 3.14. The SMILES string of the molecule is CC(CNC(C)(C)C)N1CCCc2ccccc21. The number of nitrogens with zero attached hydrogens (tertiary/aromatic N) is 1. The predicted molar refractivity (Wildman–Crippen MR) is 79.3 cm³/mol. The number of benzene rings is 1. The smallest absolute Gasteiger partial charge is 0.0401 e. The predicted octanol–water partition coefficient (Wildman–Crippen LogP) is 3.22. The number of aryl methyl sites for hydroxylation is 1. The highest BCUT2D eigenvalue weighted by Gasteiger charge is 2.21. The van der Waals surface area contributed by atoms with Gasteiger partial charge in [-0.25, -0.2) is 0 Å². The maximum Gasteiger partial charge on any atom is 0.0401 e. The fraction of sp³-hybridized carbons (Fsp3) is 0.625. The van der Waals surface area contributed by atoms with Crippen molar-refractivity contribution in [2.24, 2.45) is 0 Å². The van der Waals surface area contributed by atoms with Crippen molar-refractivity contribution in [2.75, 3.05) is 18.0 Å². The lowest BCUT2D eigenvalue weighted by molar-refractivity contribution is 0.402. The van der Waals surface area contributed by atoms with Crippen LogP contribution in [0.4, 0.5) is 5.69 Å². The van der Waals surface area contributed by atoms with E-state index in [4.69, 9.17) is 0 Å². The van der Waals surface area contributed by atoms with E-state index in [2.05, 4.69) is 62.2 Å². The average Bonchev–Trinajstić information content (AvgIpc) is 2.34. The molecule has 100 valence electrons. The van der Waals surface area contributed by atoms with Gasteiger partial charge in [-0.15, -0.1) is 0 Å². The third-order valence-electron chi connectivity index (χ3n) is 3.61. The number of hydrogen-bond donors (Lipinski definition) is 1. The minimum Gasteiger partial charge on any atom is -0.367 e. The molecule has 1 aliphatic heterocycles. The largest absolute Gasteiger partial charge is 0.367 e. The molecule has 1 heterocycles. The molecule has 0 saturated carbocycles. The summed E-state index contributed by atoms with van der Waals surface area (Å²) in [7, 11) is 0. The molecule has 0 fully saturated rings. The Morgan fingerprint density at radius 3 is 2.72 bits per heavy atom. The molecule has 1 unspecified atom stereocenters. The Morgan fingerprint density at radius 2 is 2.00 bits per heavy atom. The Labute approximate surface area is 111 Å². The fourth-order valence-electron chi connectivity index (χ4n) is 2.58. The highest BCUT2D eigenvalue weighted by atomic mass is 15.2. The summed E-state index contributed by atoms with van der Waals surface area (Å²) < 4.78 is 0. The molecule has 18 heavy (non-hydrogen) atoms. The van der Waals surface area contributed by atoms with Gasteiger partial charge in [0.2, 0.25) is 0 Å². The maximum atomic E-state index is 3.61. The second-order valence-electron chi connectivity index (χ2n) is 6.41. The van der Waals surface area contributed by atoms with E-state index >= 15 is 0 Å². The number of hydrogen-bond acceptors (Lipinski definition) is 2. The van der Waals surface area contributed by atoms with Crippen LogP contribution in [-0.4, -0.2) is 24.7 Å². The van der Waals surface area contributed by atoms with E-state index < -0.39 is 0 Å². The molecule has 1 N–H and O–H groups in total. The van der Waals surface area contributed by atoms with E-state index in [-0.39, 0.29) is 5.54 Å². The molecule has 0 aliphatic carbocycles. The Bertz CT molecular complexity index is 392. The molecule has 0 amide bonds. The lowest BCUT2D eigenvalue weighted by Gasteiger charge is -2.37. The van der Waals surface area contributed by atoms with Gasteiger partial charge in [0.05, 0.1) is 0 Å². The molecule has 2 heteroatoms. The van der Waals surface area contributed by atoms with Gasteiger partial charge in [-0.2, -0.15) is 0 Å². The van der Waals surface area contributed by atoms with Crippen molar-refractivity contribution in [3.63, 3.8) is 0 Å². The molecular weight excluding hydrogens is 220 g/mol. The first kappa shape index (κ1) is 13.4. The van der Waals surface area contributed by atoms with Crippen LogP contribution >= 0.6 is 0 Å². The van der Waals surface area contributed by atoms with Gasteiger partial charge in [0.15, 0.2) is 0 Å². The van der Waals surface area contributed by atoms with E-state index in [1.165, 1.54) is 30.6 Å². The van der Waals surface area contributed by atoms with Gasteiger partial charge in [-0.1, -0.05) is 18.2 Å². The third-order valence-corrected chi connectivity index (χ3v) is 3.61. The number of anilines is 1. The van der Waals surface area contributed by atoms with Gasteiger partial charge < -0.3 is 10.2 Å². The molecule has 2 rings (SSSR count). The standard InChI is InChI=1S/C16H26N2/c1-13(12-17-16(2,3)4)18-11-7-9-14-8-5-6-10-15(14)18/h5-6,8,10,13,17H,7,9,11-12H2,1-4H3. The number of fused-ring (bicyclic) bond motifs is 1. The summed E-state index contributed by atoms with van der Waals surface area (Å²) >= 11 is 0. The summed E-state index contributed by atoms with van der Waals surface area (Å²) in [6, 6.07) is 9.39. The van der Waals surface area contributed by atoms with Crippen LogP contribution < -0.4 is 10.2 Å². The minimum absolute atomic E-state index is 0.198. The molecule has 0 radical (unpaired) electrons. The molecule has 0 spiro atoms. The first-order valence-electron chi connectivity index (χ1n) is 7.07. The van der Waals surface area contributed by atoms with Crippen LogP contribution in [0.1, 0.15) is 39.7 Å². The monoisotopic (exact) mass is 246 g/mol. The van der Waals surface area contributed by atoms with Crippen molar-refractivity contribution in [2.45, 2.75) is 52.1 Å². The summed E-state index contributed by atoms with van der Waals surface area (Å²) in [6.07, 6.45) is 2.50. The topological polar surface area (TPSA) is 15.3 Å². The van der Waals surface area contributed by atoms with Crippen LogP contribution in [0.15, 0.2) is 24.3 Å². The van der Waals surface area contributed by atoms with Gasteiger partial charge >= 0.3 is 0 Å². The molecule has 0 saturated heterocycles. The van der Waals surface area contributed by atoms with Gasteiger partial charge in [-0.3, -0.25) is 0 Å². The molecule has 1 aromatic rings. The maximum absolute atomic E-state index is 3.61. The first-order chi connectivity index (χ1) is 8.47. The van der Waals surface area contributed by atoms with Crippen LogP contribution in [0.5, 0.6) is 0 Å². The van der Waals surface area contributed by atoms with Crippen molar-refractivity contribution in [3.8, 4) is 0 Å². The lowest BCUT2D eigenvalue weighted by Crippen LogP contribution is -2.47. The van der Waals surface area contributed by atoms with E-state index in [9.17, 15) is 0 Å². The third kappa shape index (κ3) is 3.26. The van der Waals surface area contributed by atoms with Crippen molar-refractivity contribution in [1.29, 1.82) is 0 Å². The molecular formula is C16H26N2. The van der Waals surface area contributed by atoms with E-state index in [0.717, 1.165) is 6.54 Å². The summed E-state index contributed by atoms with van der Waals surface area (Å²) in [6.45, 7) is 11.2. The second kappa shape index (κ2) is 5.31. The van der Waals surface area contributed by atoms with Gasteiger partial charge in [0.25, 0.3) is 0 Å². The van der Waals surface area contributed by atoms with Crippen LogP contribution in [0.2, 0.25) is 0 Å². The zero-order chi connectivity index (χ0) is 13.2. The van der Waals surface area contributed by atoms with Crippen molar-refractivity contribution in [1.82, 2.24) is 5.32 Å². The Kier molecular flexibility index (Phi) is 3.96. The Balaban J connectivity index is 2.06. The number of nitrogens with one attached hydrogen (secondary N) is 1. The van der Waals surface area contributed by atoms with Crippen LogP contribution in [0.25, 0.3) is 0 Å². The van der Waals surface area contributed by atoms with E-state index in [1.54, 1.807) is 0 Å². The molecule has 1 aliphatic rings. The lowest BCUT2D eigenvalue weighted by atomic mass is 10.00. The van der Waals surface area contributed by atoms with Crippen LogP contribution in [0.3, 0.4) is 0 Å². The quantitative estimate of drug-likeness (QED) is 0.881. The molecule has 0 aromatic heterocycles. The van der Waals surface area contributed by atoms with Crippen LogP contribution in [-0.2, 0) is 6.42 Å². The van der Waals surface area contributed by atoms with E-state index in [0.29, 0.717) is 6.04 Å². The highest BCUT2D eigenvalue weighted by molar-refractivity contribution is 5.56. The average molecular weight is 246 g/mol. The molecule has 1 atom stereocenters. The van der Waals surface area contributed by atoms with Crippen LogP contribution in [0, 0.1) is 0 Å². The second-order valence-corrected chi connectivity index (χ2v) is 6.41. The van der Waals surface area contributed by atoms with Crippen molar-refractivity contribution >= 4 is 5.69 Å².